The van der Waals surface area contributed by atoms with Crippen molar-refractivity contribution in [3.8, 4) is 0 Å². The van der Waals surface area contributed by atoms with Gasteiger partial charge in [0, 0.05) is 6.20 Å². The molecule has 4 aliphatic rings. The molecule has 3 heterocycles. The van der Waals surface area contributed by atoms with Gasteiger partial charge in [-0.1, -0.05) is 0 Å². The number of ketones is 1. The molecule has 12 heteroatoms. The van der Waals surface area contributed by atoms with Crippen molar-refractivity contribution in [1.29, 1.82) is 0 Å². The van der Waals surface area contributed by atoms with Crippen molar-refractivity contribution in [2.24, 2.45) is 11.1 Å². The Balaban J connectivity index is 1.39. The van der Waals surface area contributed by atoms with Gasteiger partial charge < -0.3 is 15.2 Å². The number of rotatable bonds is 7. The van der Waals surface area contributed by atoms with Crippen molar-refractivity contribution in [2.75, 3.05) is 19.8 Å². The summed E-state index contributed by atoms with van der Waals surface area (Å²) in [5, 5.41) is 0. The number of ether oxygens (including phenoxy) is 2. The molecule has 11 nitrogen and oxygen atoms in total. The van der Waals surface area contributed by atoms with Gasteiger partial charge in [0.1, 0.15) is 12.2 Å². The summed E-state index contributed by atoms with van der Waals surface area (Å²) < 4.78 is 40.4. The Bertz CT molecular complexity index is 853. The molecule has 3 aliphatic heterocycles. The number of nitrogens with zero attached hydrogens (tertiary/aromatic N) is 1. The Morgan fingerprint density at radius 1 is 1.39 bits per heavy atom. The van der Waals surface area contributed by atoms with Crippen molar-refractivity contribution < 1.29 is 42.0 Å². The van der Waals surface area contributed by atoms with Crippen LogP contribution in [0.3, 0.4) is 0 Å². The summed E-state index contributed by atoms with van der Waals surface area (Å²) in [5.41, 5.74) is 4.62. The molecule has 1 saturated carbocycles. The van der Waals surface area contributed by atoms with Crippen LogP contribution >= 0.6 is 7.82 Å². The first-order chi connectivity index (χ1) is 14.6. The summed E-state index contributed by atoms with van der Waals surface area (Å²) in [7, 11) is -3.95. The first-order valence-electron chi connectivity index (χ1n) is 10.3. The first kappa shape index (κ1) is 22.6. The highest BCUT2D eigenvalue weighted by Crippen LogP contribution is 2.58. The number of nitrogens with two attached hydrogens (primary N) is 1. The second kappa shape index (κ2) is 8.06. The second-order valence-electron chi connectivity index (χ2n) is 8.51. The smallest absolute Gasteiger partial charge is 0.466 e. The Labute approximate surface area is 179 Å². The fraction of sp³-hybridized carbons (Fsp3) is 0.737. The lowest BCUT2D eigenvalue weighted by molar-refractivity contribution is -0.150. The third-order valence-corrected chi connectivity index (χ3v) is 7.55. The van der Waals surface area contributed by atoms with Crippen LogP contribution in [-0.4, -0.2) is 66.4 Å². The molecule has 172 valence electrons. The van der Waals surface area contributed by atoms with Gasteiger partial charge in [-0.05, 0) is 39.2 Å². The van der Waals surface area contributed by atoms with Crippen LogP contribution in [0.5, 0.6) is 0 Å². The third kappa shape index (κ3) is 4.22. The molecular weight excluding hydrogens is 431 g/mol. The Morgan fingerprint density at radius 2 is 2.13 bits per heavy atom. The minimum absolute atomic E-state index is 0.00545. The molecule has 5 atom stereocenters. The number of phosphoric ester groups is 1. The number of phosphoric acid groups is 1. The molecule has 31 heavy (non-hydrogen) atoms. The second-order valence-corrected chi connectivity index (χ2v) is 10.1. The lowest BCUT2D eigenvalue weighted by Crippen LogP contribution is -2.60. The maximum Gasteiger partial charge on any atom is 0.475 e. The molecule has 0 bridgehead atoms. The predicted molar refractivity (Wildman–Crippen MR) is 104 cm³/mol. The predicted octanol–water partition coefficient (Wildman–Crippen LogP) is 1.02. The third-order valence-electron chi connectivity index (χ3n) is 6.11. The van der Waals surface area contributed by atoms with Gasteiger partial charge in [0.25, 0.3) is 0 Å². The SMILES string of the molecule is CCOC(=O)C1(CCO[P@@]2(=O)OC[C@H]3O[C@@H](N4C=CC(=O)CC4=O)[C@](C)(N)[C@@H]3O2)CC1. The average molecular weight is 458 g/mol. The van der Waals surface area contributed by atoms with E-state index < -0.39 is 43.1 Å². The van der Waals surface area contributed by atoms with E-state index in [4.69, 9.17) is 28.8 Å². The van der Waals surface area contributed by atoms with Crippen molar-refractivity contribution in [2.45, 2.75) is 63.5 Å². The van der Waals surface area contributed by atoms with E-state index in [9.17, 15) is 18.9 Å². The number of amides is 1. The van der Waals surface area contributed by atoms with Crippen LogP contribution in [0.25, 0.3) is 0 Å². The largest absolute Gasteiger partial charge is 0.475 e. The van der Waals surface area contributed by atoms with Gasteiger partial charge in [-0.3, -0.25) is 32.9 Å². The van der Waals surface area contributed by atoms with Crippen LogP contribution in [0.15, 0.2) is 12.3 Å². The van der Waals surface area contributed by atoms with Gasteiger partial charge in [0.2, 0.25) is 5.91 Å². The molecule has 0 spiro atoms. The Morgan fingerprint density at radius 3 is 2.77 bits per heavy atom. The highest BCUT2D eigenvalue weighted by Gasteiger charge is 2.60. The summed E-state index contributed by atoms with van der Waals surface area (Å²) in [5.74, 6) is -1.02. The summed E-state index contributed by atoms with van der Waals surface area (Å²) in [6.45, 7) is 3.56. The monoisotopic (exact) mass is 458 g/mol. The zero-order valence-electron chi connectivity index (χ0n) is 17.5. The van der Waals surface area contributed by atoms with Gasteiger partial charge in [-0.2, -0.15) is 0 Å². The van der Waals surface area contributed by atoms with Crippen molar-refractivity contribution in [3.63, 3.8) is 0 Å². The molecule has 0 aromatic rings. The zero-order valence-corrected chi connectivity index (χ0v) is 18.4. The molecule has 3 fully saturated rings. The quantitative estimate of drug-likeness (QED) is 0.333. The zero-order chi connectivity index (χ0) is 22.4. The molecule has 2 saturated heterocycles. The van der Waals surface area contributed by atoms with Crippen molar-refractivity contribution in [1.82, 2.24) is 4.90 Å². The Kier molecular flexibility index (Phi) is 5.87. The van der Waals surface area contributed by atoms with Gasteiger partial charge >= 0.3 is 13.8 Å². The summed E-state index contributed by atoms with van der Waals surface area (Å²) in [6.07, 6.45) is 1.63. The average Bonchev–Trinajstić information content (AvgIpc) is 3.44. The van der Waals surface area contributed by atoms with Crippen LogP contribution in [0.4, 0.5) is 0 Å². The number of allylic oxidation sites excluding steroid dienone is 1. The highest BCUT2D eigenvalue weighted by atomic mass is 31.2. The summed E-state index contributed by atoms with van der Waals surface area (Å²) in [4.78, 5) is 37.0. The molecule has 1 amide bonds. The molecule has 1 aliphatic carbocycles. The van der Waals surface area contributed by atoms with E-state index in [0.717, 1.165) is 0 Å². The van der Waals surface area contributed by atoms with Crippen LogP contribution in [0.1, 0.15) is 39.5 Å². The van der Waals surface area contributed by atoms with Crippen LogP contribution in [-0.2, 0) is 42.0 Å². The number of fused-ring (bicyclic) bond motifs is 1. The van der Waals surface area contributed by atoms with Crippen molar-refractivity contribution in [3.05, 3.63) is 12.3 Å². The number of hydrogen-bond acceptors (Lipinski definition) is 10. The number of carbonyl (C=O) groups is 3. The normalized spacial score (nSPS) is 38.8. The van der Waals surface area contributed by atoms with Crippen molar-refractivity contribution >= 4 is 25.5 Å². The van der Waals surface area contributed by atoms with Gasteiger partial charge in [-0.25, -0.2) is 4.57 Å². The standard InChI is InChI=1S/C19H27N2O9P/c1-3-26-17(24)19(5-6-19)7-9-27-31(25)28-11-13-15(30-31)18(2,20)16(29-13)21-8-4-12(22)10-14(21)23/h4,8,13,15-16H,3,5-7,9-11,20H2,1-2H3/t13-,15-,16-,18-,31+/m1/s1. The first-order valence-corrected chi connectivity index (χ1v) is 11.8. The van der Waals surface area contributed by atoms with E-state index >= 15 is 0 Å². The molecule has 0 aromatic carbocycles. The number of esters is 1. The topological polar surface area (TPSA) is 144 Å². The fourth-order valence-electron chi connectivity index (χ4n) is 4.10. The van der Waals surface area contributed by atoms with E-state index in [0.29, 0.717) is 25.9 Å². The lowest BCUT2D eigenvalue weighted by atomic mass is 9.92. The van der Waals surface area contributed by atoms with Crippen LogP contribution in [0.2, 0.25) is 0 Å². The van der Waals surface area contributed by atoms with E-state index in [1.807, 2.05) is 0 Å². The summed E-state index contributed by atoms with van der Waals surface area (Å²) in [6, 6.07) is 0. The van der Waals surface area contributed by atoms with E-state index in [2.05, 4.69) is 0 Å². The minimum atomic E-state index is -3.95. The molecule has 0 aromatic heterocycles. The minimum Gasteiger partial charge on any atom is -0.466 e. The van der Waals surface area contributed by atoms with E-state index in [1.165, 1.54) is 17.2 Å². The molecular formula is C19H27N2O9P. The van der Waals surface area contributed by atoms with Crippen LogP contribution in [0, 0.1) is 5.41 Å². The van der Waals surface area contributed by atoms with Crippen LogP contribution < -0.4 is 5.73 Å². The molecule has 4 rings (SSSR count). The Hall–Kier alpha value is -1.62. The van der Waals surface area contributed by atoms with Gasteiger partial charge in [0.15, 0.2) is 12.0 Å². The number of hydrogen-bond donors (Lipinski definition) is 1. The molecule has 2 N–H and O–H groups in total. The summed E-state index contributed by atoms with van der Waals surface area (Å²) >= 11 is 0. The van der Waals surface area contributed by atoms with E-state index in [1.54, 1.807) is 13.8 Å². The van der Waals surface area contributed by atoms with Gasteiger partial charge in [-0.15, -0.1) is 0 Å². The highest BCUT2D eigenvalue weighted by molar-refractivity contribution is 7.48. The maximum absolute atomic E-state index is 13.0. The van der Waals surface area contributed by atoms with Gasteiger partial charge in [0.05, 0.1) is 37.2 Å². The maximum atomic E-state index is 13.0. The number of carbonyl (C=O) groups excluding carboxylic acids is 3. The van der Waals surface area contributed by atoms with E-state index in [-0.39, 0.29) is 31.4 Å². The molecule has 0 radical (unpaired) electrons. The lowest BCUT2D eigenvalue weighted by Gasteiger charge is -2.38. The molecule has 0 unspecified atom stereocenters. The fourth-order valence-corrected chi connectivity index (χ4v) is 5.58.